The van der Waals surface area contributed by atoms with Gasteiger partial charge in [0.1, 0.15) is 5.01 Å². The number of aromatic nitrogens is 1. The van der Waals surface area contributed by atoms with E-state index in [-0.39, 0.29) is 4.90 Å². The standard InChI is InChI=1S/C20H16N2O2S2/c1-14-7-10-17(11-8-14)26(23,24)22-16-9-12-18-19(13-16)25-20(21-18)15-5-3-2-4-6-15/h2-13,22H,1H3. The van der Waals surface area contributed by atoms with Crippen LogP contribution in [0.1, 0.15) is 5.56 Å². The molecular formula is C20H16N2O2S2. The van der Waals surface area contributed by atoms with E-state index in [1.54, 1.807) is 41.7 Å². The number of rotatable bonds is 4. The van der Waals surface area contributed by atoms with E-state index >= 15 is 0 Å². The summed E-state index contributed by atoms with van der Waals surface area (Å²) in [5.41, 5.74) is 3.45. The summed E-state index contributed by atoms with van der Waals surface area (Å²) in [6.45, 7) is 1.92. The molecule has 0 amide bonds. The lowest BCUT2D eigenvalue weighted by atomic mass is 10.2. The third-order valence-electron chi connectivity index (χ3n) is 3.99. The first-order valence-electron chi connectivity index (χ1n) is 8.07. The van der Waals surface area contributed by atoms with Crippen LogP contribution in [-0.2, 0) is 10.0 Å². The summed E-state index contributed by atoms with van der Waals surface area (Å²) >= 11 is 1.54. The molecule has 4 nitrogen and oxygen atoms in total. The van der Waals surface area contributed by atoms with Crippen LogP contribution in [-0.4, -0.2) is 13.4 Å². The van der Waals surface area contributed by atoms with Crippen molar-refractivity contribution in [2.45, 2.75) is 11.8 Å². The minimum Gasteiger partial charge on any atom is -0.280 e. The Balaban J connectivity index is 1.66. The van der Waals surface area contributed by atoms with Crippen LogP contribution < -0.4 is 4.72 Å². The highest BCUT2D eigenvalue weighted by atomic mass is 32.2. The summed E-state index contributed by atoms with van der Waals surface area (Å²) in [5, 5.41) is 0.916. The summed E-state index contributed by atoms with van der Waals surface area (Å²) in [7, 11) is -3.61. The predicted molar refractivity (Wildman–Crippen MR) is 107 cm³/mol. The topological polar surface area (TPSA) is 59.1 Å². The summed E-state index contributed by atoms with van der Waals surface area (Å²) in [4.78, 5) is 4.88. The van der Waals surface area contributed by atoms with Gasteiger partial charge in [-0.15, -0.1) is 11.3 Å². The lowest BCUT2D eigenvalue weighted by Crippen LogP contribution is -2.12. The molecule has 4 aromatic rings. The Morgan fingerprint density at radius 1 is 0.923 bits per heavy atom. The first-order valence-corrected chi connectivity index (χ1v) is 10.4. The van der Waals surface area contributed by atoms with E-state index in [4.69, 9.17) is 0 Å². The Hall–Kier alpha value is -2.70. The average molecular weight is 380 g/mol. The van der Waals surface area contributed by atoms with Crippen molar-refractivity contribution in [1.82, 2.24) is 4.98 Å². The molecule has 6 heteroatoms. The van der Waals surface area contributed by atoms with Crippen LogP contribution in [0, 0.1) is 6.92 Å². The molecule has 1 heterocycles. The average Bonchev–Trinajstić information content (AvgIpc) is 3.06. The SMILES string of the molecule is Cc1ccc(S(=O)(=O)Nc2ccc3nc(-c4ccccc4)sc3c2)cc1. The van der Waals surface area contributed by atoms with Crippen LogP contribution in [0.15, 0.2) is 77.7 Å². The quantitative estimate of drug-likeness (QED) is 0.537. The Labute approximate surface area is 156 Å². The maximum atomic E-state index is 12.6. The van der Waals surface area contributed by atoms with Crippen molar-refractivity contribution in [3.8, 4) is 10.6 Å². The number of hydrogen-bond donors (Lipinski definition) is 1. The Bertz CT molecular complexity index is 1170. The molecule has 0 aliphatic heterocycles. The zero-order chi connectivity index (χ0) is 18.1. The number of sulfonamides is 1. The molecule has 26 heavy (non-hydrogen) atoms. The number of fused-ring (bicyclic) bond motifs is 1. The van der Waals surface area contributed by atoms with Gasteiger partial charge in [-0.1, -0.05) is 48.0 Å². The number of nitrogens with one attached hydrogen (secondary N) is 1. The lowest BCUT2D eigenvalue weighted by molar-refractivity contribution is 0.601. The molecule has 0 saturated heterocycles. The third kappa shape index (κ3) is 3.34. The van der Waals surface area contributed by atoms with Crippen molar-refractivity contribution in [2.75, 3.05) is 4.72 Å². The predicted octanol–water partition coefficient (Wildman–Crippen LogP) is 5.07. The van der Waals surface area contributed by atoms with E-state index in [9.17, 15) is 8.42 Å². The molecule has 1 aromatic heterocycles. The van der Waals surface area contributed by atoms with Crippen LogP contribution >= 0.6 is 11.3 Å². The molecular weight excluding hydrogens is 364 g/mol. The fourth-order valence-corrected chi connectivity index (χ4v) is 4.68. The second-order valence-corrected chi connectivity index (χ2v) is 8.70. The molecule has 0 aliphatic carbocycles. The molecule has 0 atom stereocenters. The maximum absolute atomic E-state index is 12.6. The van der Waals surface area contributed by atoms with Crippen LogP contribution in [0.2, 0.25) is 0 Å². The molecule has 0 saturated carbocycles. The maximum Gasteiger partial charge on any atom is 0.261 e. The Kier molecular flexibility index (Phi) is 4.22. The summed E-state index contributed by atoms with van der Waals surface area (Å²) in [5.74, 6) is 0. The first kappa shape index (κ1) is 16.8. The number of thiazole rings is 1. The van der Waals surface area contributed by atoms with Gasteiger partial charge >= 0.3 is 0 Å². The van der Waals surface area contributed by atoms with Crippen LogP contribution in [0.5, 0.6) is 0 Å². The molecule has 3 aromatic carbocycles. The summed E-state index contributed by atoms with van der Waals surface area (Å²) < 4.78 is 28.7. The molecule has 0 spiro atoms. The molecule has 1 N–H and O–H groups in total. The zero-order valence-electron chi connectivity index (χ0n) is 14.0. The van der Waals surface area contributed by atoms with Gasteiger partial charge in [0.15, 0.2) is 0 Å². The van der Waals surface area contributed by atoms with Crippen molar-refractivity contribution in [2.24, 2.45) is 0 Å². The highest BCUT2D eigenvalue weighted by Gasteiger charge is 2.15. The van der Waals surface area contributed by atoms with Crippen LogP contribution in [0.3, 0.4) is 0 Å². The third-order valence-corrected chi connectivity index (χ3v) is 6.46. The molecule has 0 radical (unpaired) electrons. The smallest absolute Gasteiger partial charge is 0.261 e. The minimum absolute atomic E-state index is 0.248. The second kappa shape index (κ2) is 6.55. The van der Waals surface area contributed by atoms with E-state index in [1.165, 1.54) is 0 Å². The van der Waals surface area contributed by atoms with Gasteiger partial charge in [0.25, 0.3) is 10.0 Å². The van der Waals surface area contributed by atoms with Gasteiger partial charge in [-0.3, -0.25) is 4.72 Å². The monoisotopic (exact) mass is 380 g/mol. The van der Waals surface area contributed by atoms with E-state index in [1.807, 2.05) is 49.4 Å². The van der Waals surface area contributed by atoms with Crippen molar-refractivity contribution in [1.29, 1.82) is 0 Å². The largest absolute Gasteiger partial charge is 0.280 e. The highest BCUT2D eigenvalue weighted by Crippen LogP contribution is 2.32. The van der Waals surface area contributed by atoms with E-state index in [2.05, 4.69) is 9.71 Å². The molecule has 4 rings (SSSR count). The fourth-order valence-electron chi connectivity index (χ4n) is 2.62. The minimum atomic E-state index is -3.61. The van der Waals surface area contributed by atoms with Crippen molar-refractivity contribution < 1.29 is 8.42 Å². The summed E-state index contributed by atoms with van der Waals surface area (Å²) in [6.07, 6.45) is 0. The van der Waals surface area contributed by atoms with Crippen LogP contribution in [0.4, 0.5) is 5.69 Å². The van der Waals surface area contributed by atoms with Gasteiger partial charge in [-0.25, -0.2) is 13.4 Å². The van der Waals surface area contributed by atoms with Crippen molar-refractivity contribution >= 4 is 37.3 Å². The van der Waals surface area contributed by atoms with Gasteiger partial charge in [-0.05, 0) is 37.3 Å². The van der Waals surface area contributed by atoms with Gasteiger partial charge in [0, 0.05) is 5.56 Å². The van der Waals surface area contributed by atoms with Crippen molar-refractivity contribution in [3.63, 3.8) is 0 Å². The number of benzene rings is 3. The molecule has 0 fully saturated rings. The normalized spacial score (nSPS) is 11.6. The van der Waals surface area contributed by atoms with Gasteiger partial charge in [-0.2, -0.15) is 0 Å². The van der Waals surface area contributed by atoms with Gasteiger partial charge in [0.05, 0.1) is 20.8 Å². The van der Waals surface area contributed by atoms with Gasteiger partial charge in [0.2, 0.25) is 0 Å². The van der Waals surface area contributed by atoms with E-state index < -0.39 is 10.0 Å². The van der Waals surface area contributed by atoms with E-state index in [0.717, 1.165) is 26.4 Å². The highest BCUT2D eigenvalue weighted by molar-refractivity contribution is 7.92. The number of nitrogens with zero attached hydrogens (tertiary/aromatic N) is 1. The Morgan fingerprint density at radius 3 is 2.38 bits per heavy atom. The number of anilines is 1. The molecule has 0 aliphatic rings. The first-order chi connectivity index (χ1) is 12.5. The second-order valence-electron chi connectivity index (χ2n) is 5.99. The van der Waals surface area contributed by atoms with Crippen LogP contribution in [0.25, 0.3) is 20.8 Å². The fraction of sp³-hybridized carbons (Fsp3) is 0.0500. The Morgan fingerprint density at radius 2 is 1.65 bits per heavy atom. The number of hydrogen-bond acceptors (Lipinski definition) is 4. The van der Waals surface area contributed by atoms with E-state index in [0.29, 0.717) is 5.69 Å². The zero-order valence-corrected chi connectivity index (χ0v) is 15.6. The summed E-state index contributed by atoms with van der Waals surface area (Å²) in [6, 6.07) is 22.1. The molecule has 0 bridgehead atoms. The lowest BCUT2D eigenvalue weighted by Gasteiger charge is -2.08. The van der Waals surface area contributed by atoms with Gasteiger partial charge < -0.3 is 0 Å². The van der Waals surface area contributed by atoms with Crippen molar-refractivity contribution in [3.05, 3.63) is 78.4 Å². The molecule has 0 unspecified atom stereocenters. The molecule has 130 valence electrons. The number of aryl methyl sites for hydroxylation is 1.